The van der Waals surface area contributed by atoms with E-state index < -0.39 is 5.97 Å². The summed E-state index contributed by atoms with van der Waals surface area (Å²) < 4.78 is 0. The van der Waals surface area contributed by atoms with Crippen molar-refractivity contribution < 1.29 is 15.0 Å². The van der Waals surface area contributed by atoms with E-state index >= 15 is 0 Å². The minimum atomic E-state index is -0.828. The van der Waals surface area contributed by atoms with Crippen LogP contribution in [-0.2, 0) is 11.2 Å². The van der Waals surface area contributed by atoms with Gasteiger partial charge in [-0.25, -0.2) is 4.98 Å². The first-order chi connectivity index (χ1) is 8.15. The normalized spacial score (nSPS) is 10.4. The Morgan fingerprint density at radius 1 is 1.29 bits per heavy atom. The van der Waals surface area contributed by atoms with Gasteiger partial charge in [-0.2, -0.15) is 0 Å². The number of hydrogen-bond acceptors (Lipinski definition) is 3. The molecule has 17 heavy (non-hydrogen) atoms. The molecule has 1 aromatic carbocycles. The Kier molecular flexibility index (Phi) is 3.09. The highest BCUT2D eigenvalue weighted by atomic mass is 16.4. The van der Waals surface area contributed by atoms with Crippen molar-refractivity contribution >= 4 is 5.97 Å². The Morgan fingerprint density at radius 3 is 2.65 bits per heavy atom. The van der Waals surface area contributed by atoms with Crippen LogP contribution >= 0.6 is 0 Å². The smallest absolute Gasteiger partial charge is 0.303 e. The molecule has 0 radical (unpaired) electrons. The summed E-state index contributed by atoms with van der Waals surface area (Å²) >= 11 is 0. The van der Waals surface area contributed by atoms with Gasteiger partial charge in [0.2, 0.25) is 0 Å². The van der Waals surface area contributed by atoms with Crippen LogP contribution in [0, 0.1) is 0 Å². The van der Waals surface area contributed by atoms with Crippen molar-refractivity contribution in [3.05, 3.63) is 36.2 Å². The van der Waals surface area contributed by atoms with Crippen LogP contribution in [0.4, 0.5) is 0 Å². The molecule has 3 N–H and O–H groups in total. The highest BCUT2D eigenvalue weighted by Gasteiger charge is 2.05. The number of benzene rings is 1. The predicted octanol–water partition coefficient (Wildman–Crippen LogP) is 1.80. The number of aromatic nitrogens is 2. The second-order valence-electron chi connectivity index (χ2n) is 3.70. The molecule has 2 rings (SSSR count). The number of phenols is 1. The Hall–Kier alpha value is -2.30. The summed E-state index contributed by atoms with van der Waals surface area (Å²) in [4.78, 5) is 17.6. The van der Waals surface area contributed by atoms with Crippen LogP contribution in [0.3, 0.4) is 0 Å². The van der Waals surface area contributed by atoms with Crippen molar-refractivity contribution in [2.75, 3.05) is 0 Å². The number of imidazole rings is 1. The lowest BCUT2D eigenvalue weighted by Gasteiger charge is -1.97. The molecular weight excluding hydrogens is 220 g/mol. The highest BCUT2D eigenvalue weighted by Crippen LogP contribution is 2.19. The van der Waals surface area contributed by atoms with E-state index in [-0.39, 0.29) is 12.2 Å². The lowest BCUT2D eigenvalue weighted by atomic mass is 10.2. The zero-order chi connectivity index (χ0) is 12.3. The van der Waals surface area contributed by atoms with Crippen molar-refractivity contribution in [1.82, 2.24) is 9.97 Å². The number of carboxylic acid groups (broad SMARTS) is 1. The Morgan fingerprint density at radius 2 is 2.00 bits per heavy atom. The van der Waals surface area contributed by atoms with Crippen LogP contribution in [0.15, 0.2) is 30.5 Å². The van der Waals surface area contributed by atoms with Gasteiger partial charge >= 0.3 is 5.97 Å². The Balaban J connectivity index is 2.12. The van der Waals surface area contributed by atoms with E-state index in [9.17, 15) is 4.79 Å². The van der Waals surface area contributed by atoms with Gasteiger partial charge in [0.15, 0.2) is 0 Å². The number of aliphatic carboxylic acids is 1. The fourth-order valence-electron chi connectivity index (χ4n) is 1.49. The molecule has 0 fully saturated rings. The molecule has 0 saturated carbocycles. The first-order valence-electron chi connectivity index (χ1n) is 5.20. The van der Waals surface area contributed by atoms with Crippen molar-refractivity contribution in [2.45, 2.75) is 12.8 Å². The predicted molar refractivity (Wildman–Crippen MR) is 61.6 cm³/mol. The average Bonchev–Trinajstić information content (AvgIpc) is 2.76. The number of aromatic amines is 1. The van der Waals surface area contributed by atoms with Crippen LogP contribution in [0.1, 0.15) is 12.1 Å². The molecule has 0 amide bonds. The molecule has 2 aromatic rings. The van der Waals surface area contributed by atoms with Gasteiger partial charge in [-0.1, -0.05) is 0 Å². The number of carboxylic acids is 1. The Bertz CT molecular complexity index is 517. The fourth-order valence-corrected chi connectivity index (χ4v) is 1.49. The maximum atomic E-state index is 10.4. The summed E-state index contributed by atoms with van der Waals surface area (Å²) in [5.74, 6) is 0.0441. The first-order valence-corrected chi connectivity index (χ1v) is 5.20. The van der Waals surface area contributed by atoms with Gasteiger partial charge in [0.05, 0.1) is 6.42 Å². The van der Waals surface area contributed by atoms with Crippen LogP contribution in [-0.4, -0.2) is 26.2 Å². The maximum Gasteiger partial charge on any atom is 0.303 e. The third kappa shape index (κ3) is 2.84. The molecule has 0 unspecified atom stereocenters. The third-order valence-electron chi connectivity index (χ3n) is 2.38. The number of aromatic hydroxyl groups is 1. The molecular formula is C12H12N2O3. The van der Waals surface area contributed by atoms with Crippen LogP contribution in [0.2, 0.25) is 0 Å². The first kappa shape index (κ1) is 11.2. The summed E-state index contributed by atoms with van der Waals surface area (Å²) in [6.07, 6.45) is 2.14. The number of nitrogens with zero attached hydrogens (tertiary/aromatic N) is 1. The van der Waals surface area contributed by atoms with Gasteiger partial charge in [0.25, 0.3) is 0 Å². The fraction of sp³-hybridized carbons (Fsp3) is 0.167. The quantitative estimate of drug-likeness (QED) is 0.750. The standard InChI is InChI=1S/C12H12N2O3/c15-10-4-1-8(2-5-10)12-13-7-9(14-12)3-6-11(16)17/h1-2,4-5,7,15H,3,6H2,(H,13,14)(H,16,17). The molecule has 0 saturated heterocycles. The van der Waals surface area contributed by atoms with Crippen molar-refractivity contribution in [2.24, 2.45) is 0 Å². The van der Waals surface area contributed by atoms with Crippen molar-refractivity contribution in [3.8, 4) is 17.1 Å². The van der Waals surface area contributed by atoms with E-state index in [4.69, 9.17) is 10.2 Å². The topological polar surface area (TPSA) is 86.2 Å². The highest BCUT2D eigenvalue weighted by molar-refractivity contribution is 5.67. The van der Waals surface area contributed by atoms with Crippen LogP contribution < -0.4 is 0 Å². The number of H-pyrrole nitrogens is 1. The second kappa shape index (κ2) is 4.69. The molecule has 0 atom stereocenters. The number of phenolic OH excluding ortho intramolecular Hbond substituents is 1. The number of hydrogen-bond donors (Lipinski definition) is 3. The van der Waals surface area contributed by atoms with Crippen molar-refractivity contribution in [3.63, 3.8) is 0 Å². The Labute approximate surface area is 97.8 Å². The second-order valence-corrected chi connectivity index (χ2v) is 3.70. The molecule has 0 aliphatic carbocycles. The van der Waals surface area contributed by atoms with E-state index in [2.05, 4.69) is 9.97 Å². The minimum absolute atomic E-state index is 0.0806. The summed E-state index contributed by atoms with van der Waals surface area (Å²) in [7, 11) is 0. The number of nitrogens with one attached hydrogen (secondary N) is 1. The lowest BCUT2D eigenvalue weighted by Crippen LogP contribution is -1.97. The van der Waals surface area contributed by atoms with Gasteiger partial charge in [-0.3, -0.25) is 4.79 Å². The SMILES string of the molecule is O=C(O)CCc1cnc(-c2ccc(O)cc2)[nH]1. The zero-order valence-corrected chi connectivity index (χ0v) is 9.05. The average molecular weight is 232 g/mol. The van der Waals surface area contributed by atoms with E-state index in [0.717, 1.165) is 11.3 Å². The number of rotatable bonds is 4. The van der Waals surface area contributed by atoms with E-state index in [1.165, 1.54) is 0 Å². The maximum absolute atomic E-state index is 10.4. The molecule has 1 heterocycles. The van der Waals surface area contributed by atoms with Gasteiger partial charge in [-0.05, 0) is 30.7 Å². The summed E-state index contributed by atoms with van der Waals surface area (Å²) in [6, 6.07) is 6.65. The number of carbonyl (C=O) groups is 1. The van der Waals surface area contributed by atoms with Gasteiger partial charge < -0.3 is 15.2 Å². The largest absolute Gasteiger partial charge is 0.508 e. The molecule has 88 valence electrons. The van der Waals surface area contributed by atoms with E-state index in [1.54, 1.807) is 30.5 Å². The summed E-state index contributed by atoms with van der Waals surface area (Å²) in [6.45, 7) is 0. The third-order valence-corrected chi connectivity index (χ3v) is 2.38. The zero-order valence-electron chi connectivity index (χ0n) is 9.05. The van der Waals surface area contributed by atoms with Crippen molar-refractivity contribution in [1.29, 1.82) is 0 Å². The summed E-state index contributed by atoms with van der Waals surface area (Å²) in [5.41, 5.74) is 1.64. The molecule has 0 bridgehead atoms. The molecule has 0 aliphatic rings. The van der Waals surface area contributed by atoms with E-state index in [0.29, 0.717) is 12.2 Å². The van der Waals surface area contributed by atoms with Gasteiger partial charge in [-0.15, -0.1) is 0 Å². The molecule has 5 nitrogen and oxygen atoms in total. The lowest BCUT2D eigenvalue weighted by molar-refractivity contribution is -0.136. The number of aryl methyl sites for hydroxylation is 1. The van der Waals surface area contributed by atoms with Gasteiger partial charge in [0, 0.05) is 17.5 Å². The minimum Gasteiger partial charge on any atom is -0.508 e. The summed E-state index contributed by atoms with van der Waals surface area (Å²) in [5, 5.41) is 17.7. The van der Waals surface area contributed by atoms with Crippen LogP contribution in [0.25, 0.3) is 11.4 Å². The molecule has 1 aromatic heterocycles. The monoisotopic (exact) mass is 232 g/mol. The van der Waals surface area contributed by atoms with Crippen LogP contribution in [0.5, 0.6) is 5.75 Å². The molecule has 5 heteroatoms. The molecule has 0 aliphatic heterocycles. The van der Waals surface area contributed by atoms with E-state index in [1.807, 2.05) is 0 Å². The molecule has 0 spiro atoms. The van der Waals surface area contributed by atoms with Gasteiger partial charge in [0.1, 0.15) is 11.6 Å².